The molecule has 0 radical (unpaired) electrons. The van der Waals surface area contributed by atoms with Crippen molar-refractivity contribution in [3.63, 3.8) is 0 Å². The van der Waals surface area contributed by atoms with Gasteiger partial charge >= 0.3 is 0 Å². The van der Waals surface area contributed by atoms with Gasteiger partial charge in [0.05, 0.1) is 0 Å². The first-order chi connectivity index (χ1) is 10.2. The maximum absolute atomic E-state index is 6.08. The molecule has 0 bridgehead atoms. The number of piperidine rings is 1. The van der Waals surface area contributed by atoms with E-state index in [9.17, 15) is 0 Å². The number of aliphatic imine (C=N–C) groups is 1. The van der Waals surface area contributed by atoms with Crippen LogP contribution in [0.2, 0.25) is 5.02 Å². The summed E-state index contributed by atoms with van der Waals surface area (Å²) in [5.41, 5.74) is 1.34. The number of hydrogen-bond acceptors (Lipinski definition) is 1. The number of nitrogens with zero attached hydrogens (tertiary/aromatic N) is 2. The van der Waals surface area contributed by atoms with E-state index in [-0.39, 0.29) is 0 Å². The SMILES string of the molecule is CN=C(NC1CC1c1cccc(Cl)c1)N1CCC(C)CC1. The van der Waals surface area contributed by atoms with Crippen molar-refractivity contribution < 1.29 is 0 Å². The van der Waals surface area contributed by atoms with Gasteiger partial charge in [-0.15, -0.1) is 0 Å². The summed E-state index contributed by atoms with van der Waals surface area (Å²) >= 11 is 6.08. The second-order valence-electron chi connectivity index (χ2n) is 6.36. The molecule has 4 heteroatoms. The average molecular weight is 306 g/mol. The van der Waals surface area contributed by atoms with Gasteiger partial charge in [-0.05, 0) is 42.9 Å². The number of nitrogens with one attached hydrogen (secondary N) is 1. The molecule has 2 aliphatic rings. The molecule has 1 saturated heterocycles. The van der Waals surface area contributed by atoms with Crippen molar-refractivity contribution in [1.29, 1.82) is 0 Å². The third-order valence-corrected chi connectivity index (χ3v) is 4.91. The summed E-state index contributed by atoms with van der Waals surface area (Å²) in [5.74, 6) is 2.49. The minimum absolute atomic E-state index is 0.501. The van der Waals surface area contributed by atoms with Gasteiger partial charge in [-0.1, -0.05) is 30.7 Å². The molecule has 3 nitrogen and oxygen atoms in total. The zero-order valence-electron chi connectivity index (χ0n) is 12.8. The minimum atomic E-state index is 0.501. The molecule has 1 aliphatic carbocycles. The monoisotopic (exact) mass is 305 g/mol. The Morgan fingerprint density at radius 3 is 2.76 bits per heavy atom. The lowest BCUT2D eigenvalue weighted by atomic mass is 10.00. The summed E-state index contributed by atoms with van der Waals surface area (Å²) < 4.78 is 0. The predicted molar refractivity (Wildman–Crippen MR) is 89.1 cm³/mol. The van der Waals surface area contributed by atoms with Gasteiger partial charge in [0.2, 0.25) is 0 Å². The highest BCUT2D eigenvalue weighted by Crippen LogP contribution is 2.41. The topological polar surface area (TPSA) is 27.6 Å². The highest BCUT2D eigenvalue weighted by Gasteiger charge is 2.39. The van der Waals surface area contributed by atoms with Gasteiger partial charge in [-0.25, -0.2) is 0 Å². The number of rotatable bonds is 2. The molecule has 0 spiro atoms. The van der Waals surface area contributed by atoms with Crippen LogP contribution in [0.3, 0.4) is 0 Å². The van der Waals surface area contributed by atoms with E-state index in [0.717, 1.165) is 30.0 Å². The van der Waals surface area contributed by atoms with Gasteiger partial charge < -0.3 is 10.2 Å². The van der Waals surface area contributed by atoms with E-state index in [4.69, 9.17) is 11.6 Å². The Bertz CT molecular complexity index is 521. The molecule has 1 aliphatic heterocycles. The number of guanidine groups is 1. The average Bonchev–Trinajstić information content (AvgIpc) is 3.25. The summed E-state index contributed by atoms with van der Waals surface area (Å²) in [6.07, 6.45) is 3.70. The van der Waals surface area contributed by atoms with Gasteiger partial charge in [0.25, 0.3) is 0 Å². The van der Waals surface area contributed by atoms with Crippen molar-refractivity contribution in [3.05, 3.63) is 34.9 Å². The lowest BCUT2D eigenvalue weighted by Gasteiger charge is -2.33. The lowest BCUT2D eigenvalue weighted by molar-refractivity contribution is 0.273. The highest BCUT2D eigenvalue weighted by atomic mass is 35.5. The van der Waals surface area contributed by atoms with Gasteiger partial charge in [0.1, 0.15) is 0 Å². The third-order valence-electron chi connectivity index (χ3n) is 4.68. The Hall–Kier alpha value is -1.22. The van der Waals surface area contributed by atoms with E-state index in [1.54, 1.807) is 0 Å². The molecule has 2 fully saturated rings. The fraction of sp³-hybridized carbons (Fsp3) is 0.588. The molecule has 114 valence electrons. The summed E-state index contributed by atoms with van der Waals surface area (Å²) in [7, 11) is 1.89. The van der Waals surface area contributed by atoms with E-state index >= 15 is 0 Å². The van der Waals surface area contributed by atoms with E-state index in [0.29, 0.717) is 12.0 Å². The second kappa shape index (κ2) is 6.27. The predicted octanol–water partition coefficient (Wildman–Crippen LogP) is 3.50. The smallest absolute Gasteiger partial charge is 0.193 e. The van der Waals surface area contributed by atoms with Gasteiger partial charge in [-0.3, -0.25) is 4.99 Å². The Kier molecular flexibility index (Phi) is 4.39. The first-order valence-electron chi connectivity index (χ1n) is 7.91. The molecule has 1 N–H and O–H groups in total. The molecular weight excluding hydrogens is 282 g/mol. The number of halogens is 1. The summed E-state index contributed by atoms with van der Waals surface area (Å²) in [6.45, 7) is 4.58. The summed E-state index contributed by atoms with van der Waals surface area (Å²) in [4.78, 5) is 6.86. The first-order valence-corrected chi connectivity index (χ1v) is 8.29. The van der Waals surface area contributed by atoms with E-state index in [1.165, 1.54) is 24.8 Å². The molecular formula is C17H24ClN3. The molecule has 1 aromatic rings. The van der Waals surface area contributed by atoms with Crippen LogP contribution < -0.4 is 5.32 Å². The van der Waals surface area contributed by atoms with Gasteiger partial charge in [-0.2, -0.15) is 0 Å². The van der Waals surface area contributed by atoms with Crippen molar-refractivity contribution in [3.8, 4) is 0 Å². The molecule has 21 heavy (non-hydrogen) atoms. The standard InChI is InChI=1S/C17H24ClN3/c1-12-6-8-21(9-7-12)17(19-2)20-16-11-15(16)13-4-3-5-14(18)10-13/h3-5,10,12,15-16H,6-9,11H2,1-2H3,(H,19,20). The van der Waals surface area contributed by atoms with E-state index in [1.807, 2.05) is 19.2 Å². The van der Waals surface area contributed by atoms with Crippen LogP contribution in [0.5, 0.6) is 0 Å². The largest absolute Gasteiger partial charge is 0.353 e. The summed E-state index contributed by atoms with van der Waals surface area (Å²) in [6, 6.07) is 8.72. The molecule has 2 unspecified atom stereocenters. The second-order valence-corrected chi connectivity index (χ2v) is 6.80. The maximum Gasteiger partial charge on any atom is 0.193 e. The molecule has 0 amide bonds. The first kappa shape index (κ1) is 14.7. The Morgan fingerprint density at radius 2 is 2.10 bits per heavy atom. The molecule has 0 aromatic heterocycles. The normalized spacial score (nSPS) is 26.8. The quantitative estimate of drug-likeness (QED) is 0.669. The van der Waals surface area contributed by atoms with Crippen molar-refractivity contribution in [1.82, 2.24) is 10.2 Å². The van der Waals surface area contributed by atoms with Crippen molar-refractivity contribution in [2.75, 3.05) is 20.1 Å². The Balaban J connectivity index is 1.57. The van der Waals surface area contributed by atoms with E-state index in [2.05, 4.69) is 34.3 Å². The molecule has 1 saturated carbocycles. The van der Waals surface area contributed by atoms with Crippen LogP contribution in [-0.2, 0) is 0 Å². The maximum atomic E-state index is 6.08. The van der Waals surface area contributed by atoms with Crippen LogP contribution in [0.25, 0.3) is 0 Å². The third kappa shape index (κ3) is 3.52. The fourth-order valence-corrected chi connectivity index (χ4v) is 3.34. The minimum Gasteiger partial charge on any atom is -0.353 e. The van der Waals surface area contributed by atoms with Crippen LogP contribution in [0.15, 0.2) is 29.3 Å². The van der Waals surface area contributed by atoms with Crippen molar-refractivity contribution >= 4 is 17.6 Å². The van der Waals surface area contributed by atoms with Crippen LogP contribution in [0, 0.1) is 5.92 Å². The van der Waals surface area contributed by atoms with Gasteiger partial charge in [0.15, 0.2) is 5.96 Å². The number of benzene rings is 1. The Morgan fingerprint density at radius 1 is 1.33 bits per heavy atom. The van der Waals surface area contributed by atoms with Crippen molar-refractivity contribution in [2.45, 2.75) is 38.1 Å². The Labute approximate surface area is 132 Å². The zero-order chi connectivity index (χ0) is 14.8. The molecule has 3 rings (SSSR count). The highest BCUT2D eigenvalue weighted by molar-refractivity contribution is 6.30. The number of hydrogen-bond donors (Lipinski definition) is 1. The zero-order valence-corrected chi connectivity index (χ0v) is 13.6. The van der Waals surface area contributed by atoms with E-state index < -0.39 is 0 Å². The molecule has 1 heterocycles. The molecule has 2 atom stereocenters. The van der Waals surface area contributed by atoms with Crippen molar-refractivity contribution in [2.24, 2.45) is 10.9 Å². The lowest BCUT2D eigenvalue weighted by Crippen LogP contribution is -2.46. The van der Waals surface area contributed by atoms with Crippen LogP contribution in [0.1, 0.15) is 37.7 Å². The van der Waals surface area contributed by atoms with Crippen LogP contribution >= 0.6 is 11.6 Å². The van der Waals surface area contributed by atoms with Crippen LogP contribution in [-0.4, -0.2) is 37.0 Å². The summed E-state index contributed by atoms with van der Waals surface area (Å²) in [5, 5.41) is 4.45. The number of likely N-dealkylation sites (tertiary alicyclic amines) is 1. The van der Waals surface area contributed by atoms with Gasteiger partial charge in [0, 0.05) is 37.1 Å². The fourth-order valence-electron chi connectivity index (χ4n) is 3.14. The van der Waals surface area contributed by atoms with Crippen LogP contribution in [0.4, 0.5) is 0 Å². The molecule has 1 aromatic carbocycles.